The maximum absolute atomic E-state index is 11.6. The second-order valence-corrected chi connectivity index (χ2v) is 4.92. The van der Waals surface area contributed by atoms with E-state index >= 15 is 0 Å². The van der Waals surface area contributed by atoms with Gasteiger partial charge in [0, 0.05) is 24.2 Å². The molecule has 0 saturated carbocycles. The molecular weight excluding hydrogens is 272 g/mol. The summed E-state index contributed by atoms with van der Waals surface area (Å²) in [5.41, 5.74) is 0.959. The number of ether oxygens (including phenoxy) is 1. The van der Waals surface area contributed by atoms with E-state index in [1.807, 2.05) is 24.5 Å². The Morgan fingerprint density at radius 2 is 2.30 bits per heavy atom. The van der Waals surface area contributed by atoms with E-state index in [9.17, 15) is 4.79 Å². The van der Waals surface area contributed by atoms with Crippen molar-refractivity contribution in [2.24, 2.45) is 0 Å². The van der Waals surface area contributed by atoms with Crippen molar-refractivity contribution in [1.29, 1.82) is 0 Å². The number of terminal acetylenes is 1. The molecule has 5 heteroatoms. The Morgan fingerprint density at radius 1 is 1.50 bits per heavy atom. The number of hydrogen-bond acceptors (Lipinski definition) is 4. The second kappa shape index (κ2) is 6.31. The molecule has 1 aromatic heterocycles. The lowest BCUT2D eigenvalue weighted by molar-refractivity contribution is -0.123. The van der Waals surface area contributed by atoms with Crippen molar-refractivity contribution in [3.8, 4) is 18.1 Å². The minimum atomic E-state index is -0.582. The van der Waals surface area contributed by atoms with Crippen molar-refractivity contribution in [3.05, 3.63) is 36.0 Å². The van der Waals surface area contributed by atoms with Gasteiger partial charge in [0.1, 0.15) is 5.75 Å². The standard InChI is InChI=1S/C15H14N2O2S/c1-4-10-7-11-8-12(5-6-13(11)17-9-10)19-15(20-3)14(18)16-2/h1,5-9,15H,2-3H3,(H,16,18). The van der Waals surface area contributed by atoms with E-state index in [-0.39, 0.29) is 5.91 Å². The third kappa shape index (κ3) is 3.03. The zero-order valence-electron chi connectivity index (χ0n) is 11.2. The van der Waals surface area contributed by atoms with Crippen molar-refractivity contribution >= 4 is 28.6 Å². The number of fused-ring (bicyclic) bond motifs is 1. The van der Waals surface area contributed by atoms with Crippen molar-refractivity contribution in [1.82, 2.24) is 10.3 Å². The van der Waals surface area contributed by atoms with E-state index < -0.39 is 5.44 Å². The molecule has 1 heterocycles. The molecule has 0 radical (unpaired) electrons. The van der Waals surface area contributed by atoms with Gasteiger partial charge < -0.3 is 10.1 Å². The van der Waals surface area contributed by atoms with Gasteiger partial charge >= 0.3 is 0 Å². The van der Waals surface area contributed by atoms with Gasteiger partial charge in [-0.25, -0.2) is 0 Å². The molecule has 2 rings (SSSR count). The summed E-state index contributed by atoms with van der Waals surface area (Å²) in [5.74, 6) is 2.98. The number of amides is 1. The number of carbonyl (C=O) groups excluding carboxylic acids is 1. The molecule has 1 amide bonds. The van der Waals surface area contributed by atoms with Gasteiger partial charge in [0.2, 0.25) is 5.44 Å². The third-order valence-electron chi connectivity index (χ3n) is 2.74. The van der Waals surface area contributed by atoms with Crippen LogP contribution in [-0.4, -0.2) is 29.6 Å². The summed E-state index contributed by atoms with van der Waals surface area (Å²) in [5, 5.41) is 3.45. The van der Waals surface area contributed by atoms with Crippen LogP contribution in [-0.2, 0) is 4.79 Å². The number of nitrogens with one attached hydrogen (secondary N) is 1. The second-order valence-electron chi connectivity index (χ2n) is 4.02. The van der Waals surface area contributed by atoms with Crippen molar-refractivity contribution in [2.45, 2.75) is 5.44 Å². The molecule has 0 spiro atoms. The van der Waals surface area contributed by atoms with Gasteiger partial charge in [-0.1, -0.05) is 5.92 Å². The summed E-state index contributed by atoms with van der Waals surface area (Å²) in [7, 11) is 1.58. The zero-order valence-corrected chi connectivity index (χ0v) is 12.0. The van der Waals surface area contributed by atoms with Crippen molar-refractivity contribution < 1.29 is 9.53 Å². The first-order valence-corrected chi connectivity index (χ1v) is 7.24. The Balaban J connectivity index is 2.31. The molecule has 2 aromatic rings. The van der Waals surface area contributed by atoms with E-state index in [0.717, 1.165) is 10.9 Å². The SMILES string of the molecule is C#Cc1cnc2ccc(OC(SC)C(=O)NC)cc2c1. The van der Waals surface area contributed by atoms with E-state index in [0.29, 0.717) is 11.3 Å². The summed E-state index contributed by atoms with van der Waals surface area (Å²) in [4.78, 5) is 15.9. The van der Waals surface area contributed by atoms with Crippen molar-refractivity contribution in [2.75, 3.05) is 13.3 Å². The lowest BCUT2D eigenvalue weighted by Gasteiger charge is -2.15. The van der Waals surface area contributed by atoms with Crippen LogP contribution in [0, 0.1) is 12.3 Å². The van der Waals surface area contributed by atoms with E-state index in [2.05, 4.69) is 16.2 Å². The summed E-state index contributed by atoms with van der Waals surface area (Å²) in [6.45, 7) is 0. The largest absolute Gasteiger partial charge is 0.470 e. The fourth-order valence-corrected chi connectivity index (χ4v) is 2.25. The molecule has 1 aromatic carbocycles. The first-order chi connectivity index (χ1) is 9.67. The van der Waals surface area contributed by atoms with Gasteiger partial charge in [-0.3, -0.25) is 9.78 Å². The number of likely N-dealkylation sites (N-methyl/N-ethyl adjacent to an activating group) is 1. The van der Waals surface area contributed by atoms with Crippen LogP contribution in [0.4, 0.5) is 0 Å². The Bertz CT molecular complexity index is 679. The Hall–Kier alpha value is -2.19. The summed E-state index contributed by atoms with van der Waals surface area (Å²) >= 11 is 1.33. The molecular formula is C15H14N2O2S. The number of aromatic nitrogens is 1. The van der Waals surface area contributed by atoms with Gasteiger partial charge in [-0.05, 0) is 30.5 Å². The van der Waals surface area contributed by atoms with Crippen LogP contribution in [0.25, 0.3) is 10.9 Å². The first-order valence-electron chi connectivity index (χ1n) is 5.95. The van der Waals surface area contributed by atoms with Crippen LogP contribution in [0.2, 0.25) is 0 Å². The summed E-state index contributed by atoms with van der Waals surface area (Å²) < 4.78 is 5.67. The molecule has 0 aliphatic carbocycles. The van der Waals surface area contributed by atoms with E-state index in [1.54, 1.807) is 19.3 Å². The van der Waals surface area contributed by atoms with Gasteiger partial charge in [0.15, 0.2) is 0 Å². The van der Waals surface area contributed by atoms with Gasteiger partial charge in [0.05, 0.1) is 5.52 Å². The first kappa shape index (κ1) is 14.2. The quantitative estimate of drug-likeness (QED) is 0.690. The third-order valence-corrected chi connectivity index (χ3v) is 3.48. The molecule has 1 unspecified atom stereocenters. The van der Waals surface area contributed by atoms with Gasteiger partial charge in [-0.15, -0.1) is 18.2 Å². The minimum absolute atomic E-state index is 0.173. The van der Waals surface area contributed by atoms with Gasteiger partial charge in [0.25, 0.3) is 5.91 Å². The topological polar surface area (TPSA) is 51.2 Å². The Kier molecular flexibility index (Phi) is 4.49. The van der Waals surface area contributed by atoms with Crippen LogP contribution < -0.4 is 10.1 Å². The number of benzene rings is 1. The zero-order chi connectivity index (χ0) is 14.5. The molecule has 0 aliphatic rings. The fraction of sp³-hybridized carbons (Fsp3) is 0.200. The molecule has 1 atom stereocenters. The molecule has 1 N–H and O–H groups in total. The maximum atomic E-state index is 11.6. The predicted molar refractivity (Wildman–Crippen MR) is 81.7 cm³/mol. The Morgan fingerprint density at radius 3 is 2.95 bits per heavy atom. The molecule has 0 fully saturated rings. The van der Waals surface area contributed by atoms with Gasteiger partial charge in [-0.2, -0.15) is 0 Å². The number of hydrogen-bond donors (Lipinski definition) is 1. The van der Waals surface area contributed by atoms with Crippen LogP contribution in [0.15, 0.2) is 30.5 Å². The predicted octanol–water partition coefficient (Wildman–Crippen LogP) is 2.03. The molecule has 20 heavy (non-hydrogen) atoms. The van der Waals surface area contributed by atoms with E-state index in [1.165, 1.54) is 11.8 Å². The lowest BCUT2D eigenvalue weighted by Crippen LogP contribution is -2.33. The summed E-state index contributed by atoms with van der Waals surface area (Å²) in [6, 6.07) is 7.32. The highest BCUT2D eigenvalue weighted by atomic mass is 32.2. The number of pyridine rings is 1. The van der Waals surface area contributed by atoms with Crippen molar-refractivity contribution in [3.63, 3.8) is 0 Å². The number of thioether (sulfide) groups is 1. The highest BCUT2D eigenvalue weighted by Crippen LogP contribution is 2.23. The average Bonchev–Trinajstić information content (AvgIpc) is 2.50. The Labute approximate surface area is 121 Å². The molecule has 0 aliphatic heterocycles. The molecule has 102 valence electrons. The highest BCUT2D eigenvalue weighted by Gasteiger charge is 2.17. The molecule has 4 nitrogen and oxygen atoms in total. The van der Waals surface area contributed by atoms with Crippen LogP contribution in [0.1, 0.15) is 5.56 Å². The lowest BCUT2D eigenvalue weighted by atomic mass is 10.1. The normalized spacial score (nSPS) is 11.7. The number of carbonyl (C=O) groups is 1. The average molecular weight is 286 g/mol. The fourth-order valence-electron chi connectivity index (χ4n) is 1.71. The number of nitrogens with zero attached hydrogens (tertiary/aromatic N) is 1. The maximum Gasteiger partial charge on any atom is 0.271 e. The van der Waals surface area contributed by atoms with E-state index in [4.69, 9.17) is 11.2 Å². The number of rotatable bonds is 4. The molecule has 0 saturated heterocycles. The highest BCUT2D eigenvalue weighted by molar-refractivity contribution is 7.99. The van der Waals surface area contributed by atoms with Crippen LogP contribution in [0.5, 0.6) is 5.75 Å². The monoisotopic (exact) mass is 286 g/mol. The van der Waals surface area contributed by atoms with Crippen LogP contribution >= 0.6 is 11.8 Å². The summed E-state index contributed by atoms with van der Waals surface area (Å²) in [6.07, 6.45) is 8.83. The minimum Gasteiger partial charge on any atom is -0.470 e. The smallest absolute Gasteiger partial charge is 0.271 e. The molecule has 0 bridgehead atoms. The van der Waals surface area contributed by atoms with Crippen LogP contribution in [0.3, 0.4) is 0 Å².